The van der Waals surface area contributed by atoms with Crippen LogP contribution in [-0.4, -0.2) is 22.9 Å². The normalized spacial score (nSPS) is 12.4. The third-order valence-electron chi connectivity index (χ3n) is 5.06. The van der Waals surface area contributed by atoms with E-state index in [0.717, 1.165) is 42.8 Å². The number of aromatic amines is 1. The molecule has 0 aliphatic rings. The minimum absolute atomic E-state index is 0.0407. The average Bonchev–Trinajstić information content (AvgIpc) is 3.20. The summed E-state index contributed by atoms with van der Waals surface area (Å²) >= 11 is 0. The first kappa shape index (κ1) is 19.3. The zero-order valence-corrected chi connectivity index (χ0v) is 16.2. The Kier molecular flexibility index (Phi) is 6.77. The molecule has 0 aliphatic carbocycles. The number of ketones is 1. The number of benzene rings is 2. The van der Waals surface area contributed by atoms with E-state index in [2.05, 4.69) is 52.4 Å². The van der Waals surface area contributed by atoms with Crippen LogP contribution in [-0.2, 0) is 9.53 Å². The predicted octanol–water partition coefficient (Wildman–Crippen LogP) is 5.85. The summed E-state index contributed by atoms with van der Waals surface area (Å²) in [4.78, 5) is 19.3. The number of fused-ring (bicyclic) bond motifs is 1. The number of hydrogen-bond acceptors (Lipinski definition) is 3. The first-order chi connectivity index (χ1) is 13.2. The molecular formula is C23H28N2O2. The molecule has 0 saturated carbocycles. The largest absolute Gasteiger partial charge is 0.374 e. The molecule has 3 aromatic rings. The summed E-state index contributed by atoms with van der Waals surface area (Å²) < 4.78 is 5.64. The SMILES string of the molecule is CCC(=O)CCCCCC(OC)c1ncc(-c2ccc3ccccc3c2)[nH]1. The fourth-order valence-electron chi connectivity index (χ4n) is 3.38. The standard InChI is InChI=1S/C23H28N2O2/c1-3-20(26)11-5-4-6-12-22(27-2)23-24-16-21(25-23)19-14-13-17-9-7-8-10-18(17)15-19/h7-10,13-16,22H,3-6,11-12H2,1-2H3,(H,24,25). The summed E-state index contributed by atoms with van der Waals surface area (Å²) in [6.45, 7) is 1.92. The highest BCUT2D eigenvalue weighted by Gasteiger charge is 2.15. The Labute approximate surface area is 161 Å². The van der Waals surface area contributed by atoms with E-state index >= 15 is 0 Å². The number of nitrogens with zero attached hydrogens (tertiary/aromatic N) is 1. The number of H-pyrrole nitrogens is 1. The van der Waals surface area contributed by atoms with Gasteiger partial charge in [0.25, 0.3) is 0 Å². The second-order valence-electron chi connectivity index (χ2n) is 6.96. The van der Waals surface area contributed by atoms with Crippen LogP contribution >= 0.6 is 0 Å². The molecule has 1 unspecified atom stereocenters. The Balaban J connectivity index is 1.61. The van der Waals surface area contributed by atoms with Crippen LogP contribution < -0.4 is 0 Å². The molecule has 4 heteroatoms. The highest BCUT2D eigenvalue weighted by Crippen LogP contribution is 2.26. The lowest BCUT2D eigenvalue weighted by Gasteiger charge is -2.12. The summed E-state index contributed by atoms with van der Waals surface area (Å²) in [6, 6.07) is 14.8. The number of nitrogens with one attached hydrogen (secondary N) is 1. The van der Waals surface area contributed by atoms with Gasteiger partial charge in [0.1, 0.15) is 17.7 Å². The molecule has 0 spiro atoms. The summed E-state index contributed by atoms with van der Waals surface area (Å²) in [7, 11) is 1.73. The van der Waals surface area contributed by atoms with Crippen LogP contribution in [0.15, 0.2) is 48.7 Å². The highest BCUT2D eigenvalue weighted by atomic mass is 16.5. The fourth-order valence-corrected chi connectivity index (χ4v) is 3.38. The van der Waals surface area contributed by atoms with Gasteiger partial charge in [-0.2, -0.15) is 0 Å². The van der Waals surface area contributed by atoms with Gasteiger partial charge in [0.05, 0.1) is 11.9 Å². The molecule has 0 fully saturated rings. The molecular weight excluding hydrogens is 336 g/mol. The molecule has 0 aliphatic heterocycles. The van der Waals surface area contributed by atoms with Crippen LogP contribution in [0.25, 0.3) is 22.0 Å². The van der Waals surface area contributed by atoms with Crippen molar-refractivity contribution in [3.63, 3.8) is 0 Å². The maximum absolute atomic E-state index is 11.4. The third-order valence-corrected chi connectivity index (χ3v) is 5.06. The van der Waals surface area contributed by atoms with E-state index < -0.39 is 0 Å². The van der Waals surface area contributed by atoms with Gasteiger partial charge in [0.15, 0.2) is 0 Å². The molecule has 0 saturated heterocycles. The first-order valence-corrected chi connectivity index (χ1v) is 9.80. The smallest absolute Gasteiger partial charge is 0.135 e. The fraction of sp³-hybridized carbons (Fsp3) is 0.391. The maximum atomic E-state index is 11.4. The van der Waals surface area contributed by atoms with Gasteiger partial charge in [-0.05, 0) is 29.7 Å². The zero-order chi connectivity index (χ0) is 19.1. The van der Waals surface area contributed by atoms with Crippen molar-refractivity contribution < 1.29 is 9.53 Å². The minimum Gasteiger partial charge on any atom is -0.374 e. The Morgan fingerprint density at radius 1 is 1.11 bits per heavy atom. The van der Waals surface area contributed by atoms with Crippen LogP contribution in [0.1, 0.15) is 57.4 Å². The van der Waals surface area contributed by atoms with Crippen molar-refractivity contribution in [2.24, 2.45) is 0 Å². The van der Waals surface area contributed by atoms with Crippen molar-refractivity contribution in [2.45, 2.75) is 51.6 Å². The zero-order valence-electron chi connectivity index (χ0n) is 16.2. The number of rotatable bonds is 10. The second-order valence-corrected chi connectivity index (χ2v) is 6.96. The molecule has 2 aromatic carbocycles. The lowest BCUT2D eigenvalue weighted by atomic mass is 10.1. The van der Waals surface area contributed by atoms with Crippen molar-refractivity contribution in [1.29, 1.82) is 0 Å². The van der Waals surface area contributed by atoms with Crippen LogP contribution in [0.4, 0.5) is 0 Å². The second kappa shape index (κ2) is 9.47. The van der Waals surface area contributed by atoms with Gasteiger partial charge >= 0.3 is 0 Å². The molecule has 1 aromatic heterocycles. The molecule has 142 valence electrons. The number of unbranched alkanes of at least 4 members (excludes halogenated alkanes) is 2. The first-order valence-electron chi connectivity index (χ1n) is 9.80. The van der Waals surface area contributed by atoms with Crippen LogP contribution in [0, 0.1) is 0 Å². The molecule has 3 rings (SSSR count). The molecule has 0 bridgehead atoms. The van der Waals surface area contributed by atoms with Crippen molar-refractivity contribution >= 4 is 16.6 Å². The van der Waals surface area contributed by atoms with E-state index in [1.807, 2.05) is 13.1 Å². The van der Waals surface area contributed by atoms with Crippen LogP contribution in [0.2, 0.25) is 0 Å². The third kappa shape index (κ3) is 5.04. The minimum atomic E-state index is -0.0407. The Morgan fingerprint density at radius 3 is 2.70 bits per heavy atom. The van der Waals surface area contributed by atoms with E-state index in [0.29, 0.717) is 18.6 Å². The summed E-state index contributed by atoms with van der Waals surface area (Å²) in [6.07, 6.45) is 7.12. The highest BCUT2D eigenvalue weighted by molar-refractivity contribution is 5.86. The molecule has 1 heterocycles. The Hall–Kier alpha value is -2.46. The van der Waals surface area contributed by atoms with Crippen LogP contribution in [0.3, 0.4) is 0 Å². The van der Waals surface area contributed by atoms with Gasteiger partial charge in [-0.1, -0.05) is 56.2 Å². The number of aromatic nitrogens is 2. The maximum Gasteiger partial charge on any atom is 0.135 e. The van der Waals surface area contributed by atoms with E-state index in [4.69, 9.17) is 4.74 Å². The predicted molar refractivity (Wildman–Crippen MR) is 110 cm³/mol. The molecule has 27 heavy (non-hydrogen) atoms. The molecule has 0 radical (unpaired) electrons. The number of methoxy groups -OCH3 is 1. The van der Waals surface area contributed by atoms with E-state index in [1.54, 1.807) is 7.11 Å². The van der Waals surface area contributed by atoms with Crippen LogP contribution in [0.5, 0.6) is 0 Å². The summed E-state index contributed by atoms with van der Waals surface area (Å²) in [5.41, 5.74) is 2.13. The van der Waals surface area contributed by atoms with Gasteiger partial charge in [0, 0.05) is 25.5 Å². The molecule has 1 atom stereocenters. The number of ether oxygens (including phenoxy) is 1. The van der Waals surface area contributed by atoms with Crippen molar-refractivity contribution in [3.8, 4) is 11.3 Å². The average molecular weight is 364 g/mol. The number of Topliss-reactive ketones (excluding diaryl/α,β-unsaturated/α-hetero) is 1. The number of hydrogen-bond donors (Lipinski definition) is 1. The monoisotopic (exact) mass is 364 g/mol. The molecule has 4 nitrogen and oxygen atoms in total. The van der Waals surface area contributed by atoms with E-state index in [1.165, 1.54) is 10.8 Å². The van der Waals surface area contributed by atoms with Gasteiger partial charge in [-0.15, -0.1) is 0 Å². The number of imidazole rings is 1. The topological polar surface area (TPSA) is 55.0 Å². The lowest BCUT2D eigenvalue weighted by molar-refractivity contribution is -0.118. The van der Waals surface area contributed by atoms with Crippen molar-refractivity contribution in [3.05, 3.63) is 54.5 Å². The quantitative estimate of drug-likeness (QED) is 0.459. The van der Waals surface area contributed by atoms with Crippen molar-refractivity contribution in [2.75, 3.05) is 7.11 Å². The number of carbonyl (C=O) groups excluding carboxylic acids is 1. The van der Waals surface area contributed by atoms with E-state index in [-0.39, 0.29) is 6.10 Å². The molecule has 0 amide bonds. The van der Waals surface area contributed by atoms with Gasteiger partial charge in [0.2, 0.25) is 0 Å². The van der Waals surface area contributed by atoms with Gasteiger partial charge < -0.3 is 9.72 Å². The Morgan fingerprint density at radius 2 is 1.93 bits per heavy atom. The summed E-state index contributed by atoms with van der Waals surface area (Å²) in [5, 5.41) is 2.45. The lowest BCUT2D eigenvalue weighted by Crippen LogP contribution is -2.04. The van der Waals surface area contributed by atoms with Gasteiger partial charge in [-0.25, -0.2) is 4.98 Å². The summed E-state index contributed by atoms with van der Waals surface area (Å²) in [5.74, 6) is 1.22. The van der Waals surface area contributed by atoms with E-state index in [9.17, 15) is 4.79 Å². The van der Waals surface area contributed by atoms with Gasteiger partial charge in [-0.3, -0.25) is 4.79 Å². The number of carbonyl (C=O) groups is 1. The molecule has 1 N–H and O–H groups in total. The van der Waals surface area contributed by atoms with Crippen molar-refractivity contribution in [1.82, 2.24) is 9.97 Å². The Bertz CT molecular complexity index is 885.